The van der Waals surface area contributed by atoms with Crippen LogP contribution in [0.15, 0.2) is 48.5 Å². The summed E-state index contributed by atoms with van der Waals surface area (Å²) in [5.41, 5.74) is 1.84. The van der Waals surface area contributed by atoms with Crippen molar-refractivity contribution >= 4 is 23.6 Å². The van der Waals surface area contributed by atoms with Crippen LogP contribution in [-0.2, 0) is 16.1 Å². The van der Waals surface area contributed by atoms with Crippen LogP contribution in [0.5, 0.6) is 11.5 Å². The molecule has 0 saturated heterocycles. The fourth-order valence-corrected chi connectivity index (χ4v) is 2.90. The zero-order valence-electron chi connectivity index (χ0n) is 14.5. The number of hydrogen-bond acceptors (Lipinski definition) is 4. The third kappa shape index (κ3) is 4.56. The molecule has 0 N–H and O–H groups in total. The SMILES string of the molecule is COCCN(Cc1ccccc1)C(=O)/C=C/c1cc(Cl)c2c(c1)OCO2. The molecule has 5 nitrogen and oxygen atoms in total. The van der Waals surface area contributed by atoms with Gasteiger partial charge in [-0.2, -0.15) is 0 Å². The van der Waals surface area contributed by atoms with Gasteiger partial charge in [-0.15, -0.1) is 0 Å². The predicted molar refractivity (Wildman–Crippen MR) is 100 cm³/mol. The highest BCUT2D eigenvalue weighted by Crippen LogP contribution is 2.40. The van der Waals surface area contributed by atoms with E-state index in [2.05, 4.69) is 0 Å². The van der Waals surface area contributed by atoms with Crippen molar-refractivity contribution in [3.63, 3.8) is 0 Å². The average molecular weight is 374 g/mol. The summed E-state index contributed by atoms with van der Waals surface area (Å²) in [6.45, 7) is 1.66. The number of methoxy groups -OCH3 is 1. The molecule has 0 unspecified atom stereocenters. The summed E-state index contributed by atoms with van der Waals surface area (Å²) in [4.78, 5) is 14.4. The Balaban J connectivity index is 1.72. The molecule has 0 aromatic heterocycles. The average Bonchev–Trinajstić information content (AvgIpc) is 3.13. The molecular weight excluding hydrogens is 354 g/mol. The third-order valence-corrected chi connectivity index (χ3v) is 4.24. The standard InChI is InChI=1S/C20H20ClNO4/c1-24-10-9-22(13-15-5-3-2-4-6-15)19(23)8-7-16-11-17(21)20-18(12-16)25-14-26-20/h2-8,11-12H,9-10,13-14H2,1H3/b8-7+. The van der Waals surface area contributed by atoms with E-state index < -0.39 is 0 Å². The molecule has 1 amide bonds. The first-order valence-electron chi connectivity index (χ1n) is 8.26. The van der Waals surface area contributed by atoms with E-state index in [0.29, 0.717) is 36.2 Å². The maximum atomic E-state index is 12.6. The number of carbonyl (C=O) groups excluding carboxylic acids is 1. The van der Waals surface area contributed by atoms with E-state index in [1.807, 2.05) is 30.3 Å². The molecule has 2 aromatic rings. The van der Waals surface area contributed by atoms with E-state index in [-0.39, 0.29) is 12.7 Å². The Labute approximate surface area is 157 Å². The van der Waals surface area contributed by atoms with E-state index in [0.717, 1.165) is 11.1 Å². The van der Waals surface area contributed by atoms with E-state index in [4.69, 9.17) is 25.8 Å². The van der Waals surface area contributed by atoms with E-state index >= 15 is 0 Å². The van der Waals surface area contributed by atoms with Crippen LogP contribution in [0.1, 0.15) is 11.1 Å². The lowest BCUT2D eigenvalue weighted by molar-refractivity contribution is -0.127. The van der Waals surface area contributed by atoms with Gasteiger partial charge < -0.3 is 19.1 Å². The molecule has 0 spiro atoms. The second-order valence-electron chi connectivity index (χ2n) is 5.81. The molecule has 0 aliphatic carbocycles. The fourth-order valence-electron chi connectivity index (χ4n) is 2.63. The molecule has 1 heterocycles. The summed E-state index contributed by atoms with van der Waals surface area (Å²) in [5.74, 6) is 1.03. The molecule has 0 atom stereocenters. The smallest absolute Gasteiger partial charge is 0.246 e. The van der Waals surface area contributed by atoms with Crippen molar-refractivity contribution in [2.75, 3.05) is 27.1 Å². The normalized spacial score (nSPS) is 12.5. The zero-order valence-corrected chi connectivity index (χ0v) is 15.2. The maximum absolute atomic E-state index is 12.6. The number of carbonyl (C=O) groups is 1. The van der Waals surface area contributed by atoms with Crippen LogP contribution in [0.2, 0.25) is 5.02 Å². The van der Waals surface area contributed by atoms with Gasteiger partial charge in [0, 0.05) is 26.3 Å². The van der Waals surface area contributed by atoms with Crippen molar-refractivity contribution in [1.82, 2.24) is 4.90 Å². The summed E-state index contributed by atoms with van der Waals surface area (Å²) in [6.07, 6.45) is 3.26. The van der Waals surface area contributed by atoms with Crippen LogP contribution >= 0.6 is 11.6 Å². The van der Waals surface area contributed by atoms with Crippen molar-refractivity contribution in [3.8, 4) is 11.5 Å². The van der Waals surface area contributed by atoms with Crippen LogP contribution < -0.4 is 9.47 Å². The minimum Gasteiger partial charge on any atom is -0.454 e. The molecule has 0 radical (unpaired) electrons. The Morgan fingerprint density at radius 1 is 1.27 bits per heavy atom. The molecule has 136 valence electrons. The quantitative estimate of drug-likeness (QED) is 0.693. The van der Waals surface area contributed by atoms with Crippen LogP contribution in [0.3, 0.4) is 0 Å². The second-order valence-corrected chi connectivity index (χ2v) is 6.22. The third-order valence-electron chi connectivity index (χ3n) is 3.96. The van der Waals surface area contributed by atoms with Crippen molar-refractivity contribution in [3.05, 3.63) is 64.7 Å². The lowest BCUT2D eigenvalue weighted by atomic mass is 10.1. The van der Waals surface area contributed by atoms with Gasteiger partial charge in [0.15, 0.2) is 11.5 Å². The number of rotatable bonds is 7. The number of benzene rings is 2. The Hall–Kier alpha value is -2.50. The second kappa shape index (κ2) is 8.74. The lowest BCUT2D eigenvalue weighted by Gasteiger charge is -2.21. The van der Waals surface area contributed by atoms with Gasteiger partial charge in [-0.25, -0.2) is 0 Å². The predicted octanol–water partition coefficient (Wildman–Crippen LogP) is 3.76. The van der Waals surface area contributed by atoms with Crippen LogP contribution in [-0.4, -0.2) is 37.9 Å². The molecule has 1 aliphatic heterocycles. The fraction of sp³-hybridized carbons (Fsp3) is 0.250. The number of hydrogen-bond donors (Lipinski definition) is 0. The number of ether oxygens (including phenoxy) is 3. The van der Waals surface area contributed by atoms with E-state index in [1.165, 1.54) is 6.08 Å². The van der Waals surface area contributed by atoms with Gasteiger partial charge >= 0.3 is 0 Å². The lowest BCUT2D eigenvalue weighted by Crippen LogP contribution is -2.32. The highest BCUT2D eigenvalue weighted by atomic mass is 35.5. The Morgan fingerprint density at radius 2 is 2.08 bits per heavy atom. The Kier molecular flexibility index (Phi) is 6.15. The monoisotopic (exact) mass is 373 g/mol. The van der Waals surface area contributed by atoms with Gasteiger partial charge in [0.1, 0.15) is 0 Å². The van der Waals surface area contributed by atoms with Crippen molar-refractivity contribution in [1.29, 1.82) is 0 Å². The molecule has 0 fully saturated rings. The topological polar surface area (TPSA) is 48.0 Å². The van der Waals surface area contributed by atoms with Crippen LogP contribution in [0.25, 0.3) is 6.08 Å². The largest absolute Gasteiger partial charge is 0.454 e. The number of halogens is 1. The van der Waals surface area contributed by atoms with Gasteiger partial charge in [0.2, 0.25) is 12.7 Å². The van der Waals surface area contributed by atoms with Gasteiger partial charge in [-0.05, 0) is 29.3 Å². The van der Waals surface area contributed by atoms with Gasteiger partial charge in [-0.1, -0.05) is 41.9 Å². The molecule has 2 aromatic carbocycles. The van der Waals surface area contributed by atoms with Gasteiger partial charge in [0.25, 0.3) is 0 Å². The number of fused-ring (bicyclic) bond motifs is 1. The first-order valence-corrected chi connectivity index (χ1v) is 8.64. The molecule has 0 saturated carbocycles. The molecule has 3 rings (SSSR count). The minimum absolute atomic E-state index is 0.0975. The summed E-state index contributed by atoms with van der Waals surface area (Å²) in [5, 5.41) is 0.465. The molecule has 26 heavy (non-hydrogen) atoms. The van der Waals surface area contributed by atoms with Crippen LogP contribution in [0, 0.1) is 0 Å². The summed E-state index contributed by atoms with van der Waals surface area (Å²) >= 11 is 6.18. The molecule has 6 heteroatoms. The molecular formula is C20H20ClNO4. The Morgan fingerprint density at radius 3 is 2.85 bits per heavy atom. The summed E-state index contributed by atoms with van der Waals surface area (Å²) < 4.78 is 15.8. The first kappa shape index (κ1) is 18.3. The highest BCUT2D eigenvalue weighted by Gasteiger charge is 2.18. The minimum atomic E-state index is -0.0975. The van der Waals surface area contributed by atoms with Crippen molar-refractivity contribution < 1.29 is 19.0 Å². The van der Waals surface area contributed by atoms with Crippen molar-refractivity contribution in [2.24, 2.45) is 0 Å². The molecule has 1 aliphatic rings. The maximum Gasteiger partial charge on any atom is 0.246 e. The first-order chi connectivity index (χ1) is 12.7. The van der Waals surface area contributed by atoms with E-state index in [1.54, 1.807) is 30.2 Å². The summed E-state index contributed by atoms with van der Waals surface area (Å²) in [7, 11) is 1.62. The van der Waals surface area contributed by atoms with Crippen LogP contribution in [0.4, 0.5) is 0 Å². The van der Waals surface area contributed by atoms with Gasteiger partial charge in [0.05, 0.1) is 11.6 Å². The number of nitrogens with zero attached hydrogens (tertiary/aromatic N) is 1. The van der Waals surface area contributed by atoms with Crippen molar-refractivity contribution in [2.45, 2.75) is 6.54 Å². The Bertz CT molecular complexity index is 792. The molecule has 0 bridgehead atoms. The van der Waals surface area contributed by atoms with E-state index in [9.17, 15) is 4.79 Å². The van der Waals surface area contributed by atoms with Gasteiger partial charge in [-0.3, -0.25) is 4.79 Å². The zero-order chi connectivity index (χ0) is 18.4. The summed E-state index contributed by atoms with van der Waals surface area (Å²) in [6, 6.07) is 13.4. The highest BCUT2D eigenvalue weighted by molar-refractivity contribution is 6.32. The number of amides is 1.